The molecule has 0 aromatic rings. The molecule has 0 amide bonds. The van der Waals surface area contributed by atoms with Gasteiger partial charge in [0.15, 0.2) is 0 Å². The van der Waals surface area contributed by atoms with Gasteiger partial charge in [0.1, 0.15) is 5.78 Å². The molecule has 0 aromatic carbocycles. The Kier molecular flexibility index (Phi) is 4.80. The lowest BCUT2D eigenvalue weighted by atomic mass is 10.1. The molecule has 0 aliphatic rings. The van der Waals surface area contributed by atoms with Crippen molar-refractivity contribution in [3.05, 3.63) is 0 Å². The van der Waals surface area contributed by atoms with Crippen LogP contribution in [-0.2, 0) is 9.59 Å². The topological polar surface area (TPSA) is 60.2 Å². The molecule has 0 bridgehead atoms. The van der Waals surface area contributed by atoms with Gasteiger partial charge in [0.2, 0.25) is 3.79 Å². The molecule has 10 heavy (non-hydrogen) atoms. The highest BCUT2D eigenvalue weighted by Crippen LogP contribution is 2.00. The van der Waals surface area contributed by atoms with Gasteiger partial charge >= 0.3 is 0 Å². The van der Waals surface area contributed by atoms with Crippen LogP contribution < -0.4 is 5.73 Å². The lowest BCUT2D eigenvalue weighted by molar-refractivity contribution is -0.117. The zero-order valence-electron chi connectivity index (χ0n) is 5.76. The Bertz CT molecular complexity index is 147. The highest BCUT2D eigenvalue weighted by atomic mass is 127. The number of ketones is 1. The van der Waals surface area contributed by atoms with Crippen molar-refractivity contribution >= 4 is 32.2 Å². The number of Topliss-reactive ketones (excluding diaryl/α,β-unsaturated/α-hetero) is 1. The van der Waals surface area contributed by atoms with Crippen molar-refractivity contribution in [1.29, 1.82) is 0 Å². The van der Waals surface area contributed by atoms with Crippen molar-refractivity contribution in [3.63, 3.8) is 0 Å². The Hall–Kier alpha value is 0.0300. The van der Waals surface area contributed by atoms with Crippen molar-refractivity contribution in [1.82, 2.24) is 0 Å². The lowest BCUT2D eigenvalue weighted by Crippen LogP contribution is -2.26. The van der Waals surface area contributed by atoms with Gasteiger partial charge in [-0.1, -0.05) is 0 Å². The van der Waals surface area contributed by atoms with Gasteiger partial charge < -0.3 is 10.5 Å². The summed E-state index contributed by atoms with van der Waals surface area (Å²) in [7, 11) is 0. The monoisotopic (exact) mass is 255 g/mol. The van der Waals surface area contributed by atoms with Crippen LogP contribution in [0, 0.1) is 0 Å². The Morgan fingerprint density at radius 3 is 2.40 bits per heavy atom. The third-order valence-electron chi connectivity index (χ3n) is 1.10. The van der Waals surface area contributed by atoms with Crippen LogP contribution in [0.25, 0.3) is 0 Å². The van der Waals surface area contributed by atoms with Crippen molar-refractivity contribution in [3.8, 4) is 0 Å². The van der Waals surface area contributed by atoms with Gasteiger partial charge in [-0.25, -0.2) is 0 Å². The maximum atomic E-state index is 10.5. The van der Waals surface area contributed by atoms with Crippen LogP contribution in [0.1, 0.15) is 19.8 Å². The van der Waals surface area contributed by atoms with Crippen molar-refractivity contribution in [2.45, 2.75) is 25.8 Å². The molecule has 0 rings (SSSR count). The predicted octanol–water partition coefficient (Wildman–Crippen LogP) is 0.645. The molecule has 0 fully saturated rings. The highest BCUT2D eigenvalue weighted by molar-refractivity contribution is 14.1. The fraction of sp³-hybridized carbons (Fsp3) is 0.667. The average Bonchev–Trinajstić information content (AvgIpc) is 1.82. The second kappa shape index (κ2) is 4.79. The van der Waals surface area contributed by atoms with E-state index in [4.69, 9.17) is 5.73 Å². The van der Waals surface area contributed by atoms with Crippen LogP contribution in [0.5, 0.6) is 0 Å². The Morgan fingerprint density at radius 1 is 1.60 bits per heavy atom. The zero-order chi connectivity index (χ0) is 8.15. The van der Waals surface area contributed by atoms with Crippen molar-refractivity contribution < 1.29 is 9.59 Å². The van der Waals surface area contributed by atoms with Crippen molar-refractivity contribution in [2.24, 2.45) is 5.73 Å². The molecule has 4 heteroatoms. The van der Waals surface area contributed by atoms with Crippen LogP contribution in [0.15, 0.2) is 0 Å². The summed E-state index contributed by atoms with van der Waals surface area (Å²) >= 11 is 1.64. The van der Waals surface area contributed by atoms with Crippen LogP contribution >= 0.6 is 22.6 Å². The van der Waals surface area contributed by atoms with E-state index < -0.39 is 6.04 Å². The average molecular weight is 255 g/mol. The maximum Gasteiger partial charge on any atom is 0.208 e. The second-order valence-electron chi connectivity index (χ2n) is 2.15. The molecule has 0 heterocycles. The van der Waals surface area contributed by atoms with E-state index >= 15 is 0 Å². The summed E-state index contributed by atoms with van der Waals surface area (Å²) in [6.07, 6.45) is 0.868. The summed E-state index contributed by atoms with van der Waals surface area (Å²) in [4.78, 5) is 20.9. The number of carbonyl (C=O) groups excluding carboxylic acids is 2. The van der Waals surface area contributed by atoms with Gasteiger partial charge in [0, 0.05) is 29.0 Å². The van der Waals surface area contributed by atoms with Gasteiger partial charge in [0.05, 0.1) is 6.04 Å². The Morgan fingerprint density at radius 2 is 2.10 bits per heavy atom. The minimum atomic E-state index is -0.468. The molecule has 2 N–H and O–H groups in total. The van der Waals surface area contributed by atoms with Gasteiger partial charge in [-0.15, -0.1) is 0 Å². The summed E-state index contributed by atoms with van der Waals surface area (Å²) in [6.45, 7) is 1.49. The first-order valence-corrected chi connectivity index (χ1v) is 4.06. The van der Waals surface area contributed by atoms with Crippen molar-refractivity contribution in [2.75, 3.05) is 0 Å². The fourth-order valence-corrected chi connectivity index (χ4v) is 0.784. The normalized spacial score (nSPS) is 12.7. The quantitative estimate of drug-likeness (QED) is 0.592. The molecule has 0 aliphatic heterocycles. The molecular weight excluding hydrogens is 245 g/mol. The lowest BCUT2D eigenvalue weighted by Gasteiger charge is -2.02. The minimum absolute atomic E-state index is 0.0769. The van der Waals surface area contributed by atoms with Crippen LogP contribution in [-0.4, -0.2) is 15.6 Å². The van der Waals surface area contributed by atoms with Gasteiger partial charge in [-0.3, -0.25) is 4.79 Å². The number of carbonyl (C=O) groups is 2. The summed E-state index contributed by atoms with van der Waals surface area (Å²) in [5.41, 5.74) is 5.36. The zero-order valence-corrected chi connectivity index (χ0v) is 7.92. The first-order valence-electron chi connectivity index (χ1n) is 2.98. The molecule has 1 atom stereocenters. The second-order valence-corrected chi connectivity index (χ2v) is 3.21. The van der Waals surface area contributed by atoms with E-state index in [0.29, 0.717) is 12.8 Å². The summed E-state index contributed by atoms with van der Waals surface area (Å²) in [6, 6.07) is -0.468. The molecule has 0 saturated carbocycles. The molecular formula is C6H10INO2. The molecule has 0 unspecified atom stereocenters. The largest absolute Gasteiger partial charge is 0.321 e. The summed E-state index contributed by atoms with van der Waals surface area (Å²) in [5.74, 6) is 0.0769. The smallest absolute Gasteiger partial charge is 0.208 e. The summed E-state index contributed by atoms with van der Waals surface area (Å²) < 4.78 is -0.0844. The van der Waals surface area contributed by atoms with Gasteiger partial charge in [0.25, 0.3) is 0 Å². The van der Waals surface area contributed by atoms with E-state index in [9.17, 15) is 9.59 Å². The minimum Gasteiger partial charge on any atom is -0.321 e. The van der Waals surface area contributed by atoms with E-state index in [1.54, 1.807) is 22.6 Å². The first kappa shape index (κ1) is 10.0. The predicted molar refractivity (Wildman–Crippen MR) is 46.9 cm³/mol. The SMILES string of the molecule is CC(=O)CC[C@H](N)C(=O)I. The van der Waals surface area contributed by atoms with Crippen LogP contribution in [0.2, 0.25) is 0 Å². The van der Waals surface area contributed by atoms with E-state index in [0.717, 1.165) is 0 Å². The molecule has 3 nitrogen and oxygen atoms in total. The molecule has 58 valence electrons. The van der Waals surface area contributed by atoms with Crippen LogP contribution in [0.4, 0.5) is 0 Å². The Balaban J connectivity index is 3.49. The summed E-state index contributed by atoms with van der Waals surface area (Å²) in [5, 5.41) is 0. The number of nitrogens with two attached hydrogens (primary N) is 1. The molecule has 0 aliphatic carbocycles. The number of hydrogen-bond acceptors (Lipinski definition) is 3. The fourth-order valence-electron chi connectivity index (χ4n) is 0.472. The molecule has 0 radical (unpaired) electrons. The molecule has 0 spiro atoms. The van der Waals surface area contributed by atoms with E-state index in [-0.39, 0.29) is 9.57 Å². The first-order chi connectivity index (χ1) is 4.54. The Labute approximate surface area is 73.5 Å². The third-order valence-corrected chi connectivity index (χ3v) is 1.90. The number of rotatable bonds is 4. The maximum absolute atomic E-state index is 10.5. The van der Waals surface area contributed by atoms with E-state index in [2.05, 4.69) is 0 Å². The molecule has 0 saturated heterocycles. The third kappa shape index (κ3) is 4.87. The van der Waals surface area contributed by atoms with E-state index in [1.807, 2.05) is 0 Å². The van der Waals surface area contributed by atoms with Gasteiger partial charge in [-0.05, 0) is 13.3 Å². The highest BCUT2D eigenvalue weighted by Gasteiger charge is 2.09. The standard InChI is InChI=1S/C6H10INO2/c1-4(9)2-3-5(8)6(7)10/h5H,2-3,8H2,1H3/t5-/m0/s1. The van der Waals surface area contributed by atoms with Gasteiger partial charge in [-0.2, -0.15) is 0 Å². The van der Waals surface area contributed by atoms with Crippen LogP contribution in [0.3, 0.4) is 0 Å². The molecule has 0 aromatic heterocycles. The number of hydrogen-bond donors (Lipinski definition) is 1. The number of halogens is 1. The van der Waals surface area contributed by atoms with E-state index in [1.165, 1.54) is 6.92 Å².